The molecule has 15 heavy (non-hydrogen) atoms. The van der Waals surface area contributed by atoms with Gasteiger partial charge in [-0.25, -0.2) is 0 Å². The van der Waals surface area contributed by atoms with Crippen molar-refractivity contribution in [1.82, 2.24) is 0 Å². The molecule has 0 amide bonds. The highest BCUT2D eigenvalue weighted by molar-refractivity contribution is 5.92. The highest BCUT2D eigenvalue weighted by Crippen LogP contribution is 2.26. The van der Waals surface area contributed by atoms with Crippen LogP contribution in [0.25, 0.3) is 0 Å². The third kappa shape index (κ3) is 2.07. The number of aryl methyl sites for hydroxylation is 1. The largest absolute Gasteiger partial charge is 0.256 e. The van der Waals surface area contributed by atoms with Gasteiger partial charge in [-0.3, -0.25) is 4.99 Å². The van der Waals surface area contributed by atoms with Gasteiger partial charge in [0.25, 0.3) is 0 Å². The minimum atomic E-state index is 0.0459. The molecule has 2 rings (SSSR count). The fraction of sp³-hybridized carbons (Fsp3) is 0.385. The second kappa shape index (κ2) is 4.27. The predicted octanol–water partition coefficient (Wildman–Crippen LogP) is 3.39. The molecule has 1 atom stereocenters. The van der Waals surface area contributed by atoms with Gasteiger partial charge in [0.2, 0.25) is 0 Å². The number of hydrogen-bond donors (Lipinski definition) is 0. The standard InChI is InChI=1S/C13H14N2/c1-10-5-2-3-7-12(10)15-13-8-4-6-11(13)9-14/h2-3,5,7,11H,4,6,8H2,1H3. The highest BCUT2D eigenvalue weighted by Gasteiger charge is 2.21. The van der Waals surface area contributed by atoms with Gasteiger partial charge < -0.3 is 0 Å². The summed E-state index contributed by atoms with van der Waals surface area (Å²) >= 11 is 0. The molecule has 0 aliphatic heterocycles. The van der Waals surface area contributed by atoms with Crippen molar-refractivity contribution in [3.05, 3.63) is 29.8 Å². The van der Waals surface area contributed by atoms with E-state index in [1.807, 2.05) is 18.2 Å². The molecule has 0 heterocycles. The van der Waals surface area contributed by atoms with Crippen LogP contribution in [0.3, 0.4) is 0 Å². The molecule has 1 unspecified atom stereocenters. The van der Waals surface area contributed by atoms with E-state index >= 15 is 0 Å². The summed E-state index contributed by atoms with van der Waals surface area (Å²) in [5.41, 5.74) is 3.25. The molecule has 2 heteroatoms. The fourth-order valence-corrected chi connectivity index (χ4v) is 1.94. The van der Waals surface area contributed by atoms with E-state index < -0.39 is 0 Å². The van der Waals surface area contributed by atoms with Crippen LogP contribution in [-0.2, 0) is 0 Å². The van der Waals surface area contributed by atoms with Crippen molar-refractivity contribution in [2.24, 2.45) is 10.9 Å². The quantitative estimate of drug-likeness (QED) is 0.681. The summed E-state index contributed by atoms with van der Waals surface area (Å²) in [5.74, 6) is 0.0459. The summed E-state index contributed by atoms with van der Waals surface area (Å²) < 4.78 is 0. The summed E-state index contributed by atoms with van der Waals surface area (Å²) in [6.07, 6.45) is 3.05. The molecule has 1 aliphatic rings. The zero-order valence-electron chi connectivity index (χ0n) is 8.90. The second-order valence-corrected chi connectivity index (χ2v) is 3.96. The zero-order valence-corrected chi connectivity index (χ0v) is 8.90. The number of rotatable bonds is 1. The monoisotopic (exact) mass is 198 g/mol. The van der Waals surface area contributed by atoms with E-state index in [1.165, 1.54) is 5.56 Å². The number of para-hydroxylation sites is 1. The van der Waals surface area contributed by atoms with Crippen molar-refractivity contribution >= 4 is 11.4 Å². The second-order valence-electron chi connectivity index (χ2n) is 3.96. The molecule has 1 saturated carbocycles. The lowest BCUT2D eigenvalue weighted by Gasteiger charge is -2.03. The molecule has 0 aromatic heterocycles. The minimum Gasteiger partial charge on any atom is -0.256 e. The Balaban J connectivity index is 2.31. The van der Waals surface area contributed by atoms with Gasteiger partial charge in [0.15, 0.2) is 0 Å². The van der Waals surface area contributed by atoms with Crippen LogP contribution >= 0.6 is 0 Å². The smallest absolute Gasteiger partial charge is 0.0846 e. The molecule has 0 radical (unpaired) electrons. The first-order valence-corrected chi connectivity index (χ1v) is 5.34. The Hall–Kier alpha value is -1.62. The Morgan fingerprint density at radius 2 is 2.20 bits per heavy atom. The molecule has 0 saturated heterocycles. The maximum Gasteiger partial charge on any atom is 0.0846 e. The van der Waals surface area contributed by atoms with Gasteiger partial charge in [-0.1, -0.05) is 18.2 Å². The van der Waals surface area contributed by atoms with Gasteiger partial charge in [0, 0.05) is 5.71 Å². The first kappa shape index (κ1) is 9.92. The van der Waals surface area contributed by atoms with Crippen LogP contribution in [-0.4, -0.2) is 5.71 Å². The first-order valence-electron chi connectivity index (χ1n) is 5.34. The Morgan fingerprint density at radius 3 is 2.93 bits per heavy atom. The van der Waals surface area contributed by atoms with Gasteiger partial charge in [-0.15, -0.1) is 0 Å². The van der Waals surface area contributed by atoms with E-state index in [2.05, 4.69) is 24.1 Å². The van der Waals surface area contributed by atoms with E-state index in [1.54, 1.807) is 0 Å². The minimum absolute atomic E-state index is 0.0459. The third-order valence-electron chi connectivity index (χ3n) is 2.86. The topological polar surface area (TPSA) is 36.1 Å². The molecular weight excluding hydrogens is 184 g/mol. The van der Waals surface area contributed by atoms with E-state index in [0.29, 0.717) is 0 Å². The van der Waals surface area contributed by atoms with Crippen molar-refractivity contribution in [2.75, 3.05) is 0 Å². The fourth-order valence-electron chi connectivity index (χ4n) is 1.94. The number of nitrogens with zero attached hydrogens (tertiary/aromatic N) is 2. The highest BCUT2D eigenvalue weighted by atomic mass is 14.8. The van der Waals surface area contributed by atoms with Crippen LogP contribution in [0.1, 0.15) is 24.8 Å². The Labute approximate surface area is 90.3 Å². The Kier molecular flexibility index (Phi) is 2.82. The van der Waals surface area contributed by atoms with Crippen molar-refractivity contribution in [3.8, 4) is 6.07 Å². The Bertz CT molecular complexity index is 426. The average molecular weight is 198 g/mol. The van der Waals surface area contributed by atoms with Crippen LogP contribution in [0.2, 0.25) is 0 Å². The van der Waals surface area contributed by atoms with Crippen molar-refractivity contribution in [3.63, 3.8) is 0 Å². The summed E-state index contributed by atoms with van der Waals surface area (Å²) in [7, 11) is 0. The SMILES string of the molecule is Cc1ccccc1N=C1CCCC1C#N. The predicted molar refractivity (Wildman–Crippen MR) is 61.2 cm³/mol. The van der Waals surface area contributed by atoms with Gasteiger partial charge >= 0.3 is 0 Å². The van der Waals surface area contributed by atoms with Crippen molar-refractivity contribution in [2.45, 2.75) is 26.2 Å². The number of hydrogen-bond acceptors (Lipinski definition) is 2. The summed E-state index contributed by atoms with van der Waals surface area (Å²) in [5, 5.41) is 8.95. The summed E-state index contributed by atoms with van der Waals surface area (Å²) in [6.45, 7) is 2.05. The van der Waals surface area contributed by atoms with Crippen LogP contribution in [0.4, 0.5) is 5.69 Å². The zero-order chi connectivity index (χ0) is 10.7. The lowest BCUT2D eigenvalue weighted by molar-refractivity contribution is 0.795. The van der Waals surface area contributed by atoms with Crippen LogP contribution in [0, 0.1) is 24.2 Å². The summed E-state index contributed by atoms with van der Waals surface area (Å²) in [4.78, 5) is 4.60. The summed E-state index contributed by atoms with van der Waals surface area (Å²) in [6, 6.07) is 10.4. The van der Waals surface area contributed by atoms with Gasteiger partial charge in [0.05, 0.1) is 17.7 Å². The van der Waals surface area contributed by atoms with E-state index in [4.69, 9.17) is 5.26 Å². The van der Waals surface area contributed by atoms with E-state index in [0.717, 1.165) is 30.7 Å². The lowest BCUT2D eigenvalue weighted by atomic mass is 10.1. The molecule has 2 nitrogen and oxygen atoms in total. The molecular formula is C13H14N2. The average Bonchev–Trinajstić information content (AvgIpc) is 2.69. The molecule has 1 aliphatic carbocycles. The molecule has 76 valence electrons. The third-order valence-corrected chi connectivity index (χ3v) is 2.86. The van der Waals surface area contributed by atoms with Gasteiger partial charge in [-0.2, -0.15) is 5.26 Å². The number of nitriles is 1. The molecule has 0 bridgehead atoms. The van der Waals surface area contributed by atoms with Crippen molar-refractivity contribution < 1.29 is 0 Å². The lowest BCUT2D eigenvalue weighted by Crippen LogP contribution is -2.03. The van der Waals surface area contributed by atoms with Gasteiger partial charge in [0.1, 0.15) is 0 Å². The molecule has 0 spiro atoms. The number of benzene rings is 1. The van der Waals surface area contributed by atoms with Crippen LogP contribution in [0.5, 0.6) is 0 Å². The van der Waals surface area contributed by atoms with Crippen molar-refractivity contribution in [1.29, 1.82) is 5.26 Å². The molecule has 1 aromatic rings. The van der Waals surface area contributed by atoms with E-state index in [-0.39, 0.29) is 5.92 Å². The van der Waals surface area contributed by atoms with Crippen LogP contribution < -0.4 is 0 Å². The molecule has 0 N–H and O–H groups in total. The maximum absolute atomic E-state index is 8.95. The molecule has 1 fully saturated rings. The number of aliphatic imine (C=N–C) groups is 1. The first-order chi connectivity index (χ1) is 7.31. The Morgan fingerprint density at radius 1 is 1.40 bits per heavy atom. The van der Waals surface area contributed by atoms with E-state index in [9.17, 15) is 0 Å². The normalized spacial score (nSPS) is 22.9. The van der Waals surface area contributed by atoms with Gasteiger partial charge in [-0.05, 0) is 37.8 Å². The van der Waals surface area contributed by atoms with Crippen LogP contribution in [0.15, 0.2) is 29.3 Å². The molecule has 1 aromatic carbocycles. The maximum atomic E-state index is 8.95.